The number of hydrogen-bond acceptors (Lipinski definition) is 4. The Morgan fingerprint density at radius 3 is 2.90 bits per heavy atom. The Morgan fingerprint density at radius 1 is 1.55 bits per heavy atom. The summed E-state index contributed by atoms with van der Waals surface area (Å²) < 4.78 is 7.36. The van der Waals surface area contributed by atoms with Crippen molar-refractivity contribution in [1.29, 1.82) is 0 Å². The summed E-state index contributed by atoms with van der Waals surface area (Å²) in [5, 5.41) is 10.5. The maximum absolute atomic E-state index is 12.1. The number of aryl methyl sites for hydroxylation is 2. The van der Waals surface area contributed by atoms with Crippen LogP contribution in [0.25, 0.3) is 0 Å². The molecular formula is C14H24N4O2. The Morgan fingerprint density at radius 2 is 2.30 bits per heavy atom. The van der Waals surface area contributed by atoms with E-state index < -0.39 is 0 Å². The molecular weight excluding hydrogens is 256 g/mol. The summed E-state index contributed by atoms with van der Waals surface area (Å²) in [6.07, 6.45) is 0.727. The average Bonchev–Trinajstić information content (AvgIpc) is 2.65. The molecule has 2 rings (SSSR count). The van der Waals surface area contributed by atoms with E-state index in [0.717, 1.165) is 24.4 Å². The SMILES string of the molecule is Cc1nn(C)c(C)c1CCNC(=O)[C@H]1NCCO[C@@H]1C. The van der Waals surface area contributed by atoms with E-state index in [1.165, 1.54) is 5.56 Å². The molecule has 1 aliphatic heterocycles. The van der Waals surface area contributed by atoms with Crippen molar-refractivity contribution >= 4 is 5.91 Å². The highest BCUT2D eigenvalue weighted by Gasteiger charge is 2.27. The van der Waals surface area contributed by atoms with Gasteiger partial charge in [-0.2, -0.15) is 5.10 Å². The molecule has 1 aromatic heterocycles. The van der Waals surface area contributed by atoms with Gasteiger partial charge in [-0.05, 0) is 32.8 Å². The molecule has 20 heavy (non-hydrogen) atoms. The van der Waals surface area contributed by atoms with Gasteiger partial charge in [0, 0.05) is 25.8 Å². The molecule has 112 valence electrons. The van der Waals surface area contributed by atoms with Crippen LogP contribution in [-0.2, 0) is 23.0 Å². The first-order chi connectivity index (χ1) is 9.50. The highest BCUT2D eigenvalue weighted by atomic mass is 16.5. The van der Waals surface area contributed by atoms with E-state index in [4.69, 9.17) is 4.74 Å². The zero-order chi connectivity index (χ0) is 14.7. The van der Waals surface area contributed by atoms with Gasteiger partial charge in [-0.25, -0.2) is 0 Å². The third kappa shape index (κ3) is 3.19. The van der Waals surface area contributed by atoms with E-state index in [1.807, 2.05) is 25.6 Å². The second-order valence-corrected chi connectivity index (χ2v) is 5.32. The van der Waals surface area contributed by atoms with Gasteiger partial charge in [-0.3, -0.25) is 9.48 Å². The Hall–Kier alpha value is -1.40. The summed E-state index contributed by atoms with van der Waals surface area (Å²) in [5.74, 6) is 0.0106. The van der Waals surface area contributed by atoms with Crippen molar-refractivity contribution in [3.63, 3.8) is 0 Å². The molecule has 1 amide bonds. The lowest BCUT2D eigenvalue weighted by Gasteiger charge is -2.29. The van der Waals surface area contributed by atoms with Gasteiger partial charge in [-0.15, -0.1) is 0 Å². The van der Waals surface area contributed by atoms with E-state index in [2.05, 4.69) is 22.7 Å². The molecule has 1 aromatic rings. The first kappa shape index (κ1) is 15.0. The molecule has 0 spiro atoms. The lowest BCUT2D eigenvalue weighted by molar-refractivity contribution is -0.128. The third-order valence-corrected chi connectivity index (χ3v) is 3.93. The van der Waals surface area contributed by atoms with Crippen LogP contribution in [-0.4, -0.2) is 47.5 Å². The van der Waals surface area contributed by atoms with Crippen LogP contribution in [0.1, 0.15) is 23.9 Å². The van der Waals surface area contributed by atoms with Gasteiger partial charge in [0.2, 0.25) is 5.91 Å². The molecule has 0 aliphatic carbocycles. The summed E-state index contributed by atoms with van der Waals surface area (Å²) in [5.41, 5.74) is 3.41. The van der Waals surface area contributed by atoms with Crippen molar-refractivity contribution in [1.82, 2.24) is 20.4 Å². The highest BCUT2D eigenvalue weighted by molar-refractivity contribution is 5.82. The van der Waals surface area contributed by atoms with Gasteiger partial charge >= 0.3 is 0 Å². The van der Waals surface area contributed by atoms with Crippen LogP contribution in [0.15, 0.2) is 0 Å². The predicted molar refractivity (Wildman–Crippen MR) is 76.6 cm³/mol. The smallest absolute Gasteiger partial charge is 0.239 e. The summed E-state index contributed by atoms with van der Waals surface area (Å²) in [6, 6.07) is -0.250. The van der Waals surface area contributed by atoms with Crippen molar-refractivity contribution in [2.24, 2.45) is 7.05 Å². The number of rotatable bonds is 4. The normalized spacial score (nSPS) is 22.8. The van der Waals surface area contributed by atoms with Crippen LogP contribution in [0.5, 0.6) is 0 Å². The fourth-order valence-corrected chi connectivity index (χ4v) is 2.63. The maximum atomic E-state index is 12.1. The Bertz CT molecular complexity index is 484. The van der Waals surface area contributed by atoms with Crippen molar-refractivity contribution in [3.8, 4) is 0 Å². The molecule has 0 unspecified atom stereocenters. The number of aromatic nitrogens is 2. The molecule has 6 nitrogen and oxygen atoms in total. The minimum atomic E-state index is -0.250. The minimum absolute atomic E-state index is 0.0106. The van der Waals surface area contributed by atoms with Crippen molar-refractivity contribution in [2.75, 3.05) is 19.7 Å². The fourth-order valence-electron chi connectivity index (χ4n) is 2.63. The summed E-state index contributed by atoms with van der Waals surface area (Å²) in [4.78, 5) is 12.1. The third-order valence-electron chi connectivity index (χ3n) is 3.93. The predicted octanol–water partition coefficient (Wildman–Crippen LogP) is 0.0725. The first-order valence-electron chi connectivity index (χ1n) is 7.12. The number of nitrogens with one attached hydrogen (secondary N) is 2. The molecule has 1 saturated heterocycles. The van der Waals surface area contributed by atoms with Crippen LogP contribution >= 0.6 is 0 Å². The van der Waals surface area contributed by atoms with Crippen LogP contribution < -0.4 is 10.6 Å². The second kappa shape index (κ2) is 6.37. The van der Waals surface area contributed by atoms with Crippen molar-refractivity contribution in [2.45, 2.75) is 39.3 Å². The summed E-state index contributed by atoms with van der Waals surface area (Å²) in [6.45, 7) is 7.99. The second-order valence-electron chi connectivity index (χ2n) is 5.32. The van der Waals surface area contributed by atoms with E-state index in [0.29, 0.717) is 13.2 Å². The number of amides is 1. The van der Waals surface area contributed by atoms with Crippen molar-refractivity contribution < 1.29 is 9.53 Å². The van der Waals surface area contributed by atoms with E-state index in [-0.39, 0.29) is 18.1 Å². The molecule has 6 heteroatoms. The number of carbonyl (C=O) groups is 1. The molecule has 0 bridgehead atoms. The van der Waals surface area contributed by atoms with Gasteiger partial charge in [0.15, 0.2) is 0 Å². The van der Waals surface area contributed by atoms with Gasteiger partial charge < -0.3 is 15.4 Å². The standard InChI is InChI=1S/C14H24N4O2/c1-9-12(10(2)18(4)17-9)5-6-16-14(19)13-11(3)20-8-7-15-13/h11,13,15H,5-8H2,1-4H3,(H,16,19)/t11-,13+/m1/s1. The van der Waals surface area contributed by atoms with E-state index in [1.54, 1.807) is 0 Å². The van der Waals surface area contributed by atoms with Gasteiger partial charge in [0.1, 0.15) is 6.04 Å². The van der Waals surface area contributed by atoms with Gasteiger partial charge in [-0.1, -0.05) is 0 Å². The molecule has 2 N–H and O–H groups in total. The first-order valence-corrected chi connectivity index (χ1v) is 7.12. The highest BCUT2D eigenvalue weighted by Crippen LogP contribution is 2.12. The number of hydrogen-bond donors (Lipinski definition) is 2. The number of ether oxygens (including phenoxy) is 1. The van der Waals surface area contributed by atoms with E-state index in [9.17, 15) is 4.79 Å². The number of morpholine rings is 1. The quantitative estimate of drug-likeness (QED) is 0.819. The topological polar surface area (TPSA) is 68.2 Å². The maximum Gasteiger partial charge on any atom is 0.239 e. The van der Waals surface area contributed by atoms with Crippen LogP contribution in [0.3, 0.4) is 0 Å². The molecule has 2 heterocycles. The zero-order valence-electron chi connectivity index (χ0n) is 12.7. The largest absolute Gasteiger partial charge is 0.375 e. The summed E-state index contributed by atoms with van der Waals surface area (Å²) >= 11 is 0. The Balaban J connectivity index is 1.85. The zero-order valence-corrected chi connectivity index (χ0v) is 12.7. The molecule has 2 atom stereocenters. The van der Waals surface area contributed by atoms with Gasteiger partial charge in [0.05, 0.1) is 18.4 Å². The van der Waals surface area contributed by atoms with Crippen molar-refractivity contribution in [3.05, 3.63) is 17.0 Å². The lowest BCUT2D eigenvalue weighted by Crippen LogP contribution is -2.55. The van der Waals surface area contributed by atoms with Gasteiger partial charge in [0.25, 0.3) is 0 Å². The van der Waals surface area contributed by atoms with Crippen LogP contribution in [0.2, 0.25) is 0 Å². The fraction of sp³-hybridized carbons (Fsp3) is 0.714. The Kier molecular flexibility index (Phi) is 4.77. The van der Waals surface area contributed by atoms with Crippen LogP contribution in [0, 0.1) is 13.8 Å². The monoisotopic (exact) mass is 280 g/mol. The van der Waals surface area contributed by atoms with Crippen LogP contribution in [0.4, 0.5) is 0 Å². The van der Waals surface area contributed by atoms with E-state index >= 15 is 0 Å². The average molecular weight is 280 g/mol. The molecule has 0 saturated carbocycles. The Labute approximate surface area is 119 Å². The summed E-state index contributed by atoms with van der Waals surface area (Å²) in [7, 11) is 1.94. The molecule has 0 aromatic carbocycles. The molecule has 1 aliphatic rings. The molecule has 0 radical (unpaired) electrons. The lowest BCUT2D eigenvalue weighted by atomic mass is 10.1. The number of nitrogens with zero attached hydrogens (tertiary/aromatic N) is 2. The number of carbonyl (C=O) groups excluding carboxylic acids is 1. The minimum Gasteiger partial charge on any atom is -0.375 e. The molecule has 1 fully saturated rings.